The summed E-state index contributed by atoms with van der Waals surface area (Å²) in [5, 5.41) is 40.7. The second-order valence-electron chi connectivity index (χ2n) is 15.0. The predicted molar refractivity (Wildman–Crippen MR) is 226 cm³/mol. The zero-order valence-corrected chi connectivity index (χ0v) is 33.2. The Labute approximate surface area is 341 Å². The highest BCUT2D eigenvalue weighted by molar-refractivity contribution is 6.59. The van der Waals surface area contributed by atoms with Crippen LogP contribution in [0.25, 0.3) is 22.3 Å². The lowest BCUT2D eigenvalue weighted by Crippen LogP contribution is -2.41. The van der Waals surface area contributed by atoms with Crippen molar-refractivity contribution < 1.29 is 43.4 Å². The molecule has 0 spiro atoms. The van der Waals surface area contributed by atoms with Gasteiger partial charge in [-0.1, -0.05) is 85.8 Å². The van der Waals surface area contributed by atoms with Gasteiger partial charge in [0.2, 0.25) is 0 Å². The Balaban J connectivity index is 1.42. The third-order valence-electron chi connectivity index (χ3n) is 10.5. The lowest BCUT2D eigenvalue weighted by molar-refractivity contribution is -0.689. The maximum absolute atomic E-state index is 13.9. The molecule has 0 unspecified atom stereocenters. The number of rotatable bonds is 18. The lowest BCUT2D eigenvalue weighted by Gasteiger charge is -2.11. The highest BCUT2D eigenvalue weighted by atomic mass is 16.4. The number of unbranched alkanes of at least 4 members (excludes halogenated alkanes) is 2. The maximum atomic E-state index is 13.9. The summed E-state index contributed by atoms with van der Waals surface area (Å²) in [7, 11) is -3.30. The van der Waals surface area contributed by atoms with Gasteiger partial charge < -0.3 is 20.1 Å². The van der Waals surface area contributed by atoms with Crippen LogP contribution in [-0.2, 0) is 24.4 Å². The standard InChI is InChI=1S/C47H50B2N3O6/c1-34(2)46(53)21-5-4-6-22-47(54)43-25-42(32-52(33-43)29-39-17-10-12-20-45(39)49(57)58)41-24-40(30-51(31-41)28-38-16-9-11-19-44(38)48(55)56)37-18-13-23-50(27-37)26-36-15-8-7-14-35(36)3/h7-20,23-25,27,30-33,55-58H,1,4-6,21-22,26,28-29H2,2-3H3/q+3. The number of hydrogen-bond donors (Lipinski definition) is 4. The Morgan fingerprint density at radius 1 is 0.569 bits per heavy atom. The molecule has 0 radical (unpaired) electrons. The van der Waals surface area contributed by atoms with Gasteiger partial charge in [0.1, 0.15) is 0 Å². The molecule has 0 aliphatic heterocycles. The molecule has 0 amide bonds. The number of ketones is 2. The molecule has 0 fully saturated rings. The van der Waals surface area contributed by atoms with Crippen LogP contribution in [0.1, 0.15) is 71.6 Å². The van der Waals surface area contributed by atoms with Crippen molar-refractivity contribution in [2.75, 3.05) is 0 Å². The number of pyridine rings is 3. The number of Topliss-reactive ketones (excluding diaryl/α,β-unsaturated/α-hetero) is 2. The number of carbonyl (C=O) groups is 2. The molecule has 6 rings (SSSR count). The van der Waals surface area contributed by atoms with Crippen LogP contribution in [0.15, 0.2) is 146 Å². The van der Waals surface area contributed by atoms with E-state index in [0.29, 0.717) is 66.4 Å². The fraction of sp³-hybridized carbons (Fsp3) is 0.213. The molecule has 0 aliphatic rings. The fourth-order valence-electron chi connectivity index (χ4n) is 7.22. The molecule has 58 heavy (non-hydrogen) atoms. The minimum absolute atomic E-state index is 0.0347. The zero-order chi connectivity index (χ0) is 41.2. The summed E-state index contributed by atoms with van der Waals surface area (Å²) < 4.78 is 6.08. The van der Waals surface area contributed by atoms with Gasteiger partial charge in [-0.25, -0.2) is 4.57 Å². The molecule has 0 saturated carbocycles. The first-order valence-corrected chi connectivity index (χ1v) is 19.7. The molecule has 11 heteroatoms. The van der Waals surface area contributed by atoms with Gasteiger partial charge in [-0.05, 0) is 67.0 Å². The van der Waals surface area contributed by atoms with Crippen LogP contribution in [0.4, 0.5) is 0 Å². The number of allylic oxidation sites excluding steroid dienone is 1. The highest BCUT2D eigenvalue weighted by Gasteiger charge is 2.24. The Bertz CT molecular complexity index is 2430. The summed E-state index contributed by atoms with van der Waals surface area (Å²) in [4.78, 5) is 25.9. The second kappa shape index (κ2) is 19.5. The number of hydrogen-bond acceptors (Lipinski definition) is 6. The summed E-state index contributed by atoms with van der Waals surface area (Å²) in [5.74, 6) is 0.00737. The van der Waals surface area contributed by atoms with E-state index < -0.39 is 14.2 Å². The van der Waals surface area contributed by atoms with E-state index in [1.54, 1.807) is 37.4 Å². The van der Waals surface area contributed by atoms with Crippen LogP contribution in [0.2, 0.25) is 0 Å². The van der Waals surface area contributed by atoms with Crippen molar-refractivity contribution in [3.8, 4) is 22.3 Å². The molecule has 3 aromatic heterocycles. The number of nitrogens with zero attached hydrogens (tertiary/aromatic N) is 3. The first-order valence-electron chi connectivity index (χ1n) is 19.7. The smallest absolute Gasteiger partial charge is 0.423 e. The quantitative estimate of drug-likeness (QED) is 0.0345. The van der Waals surface area contributed by atoms with Gasteiger partial charge in [-0.2, -0.15) is 9.13 Å². The molecule has 292 valence electrons. The molecule has 0 atom stereocenters. The Kier molecular flexibility index (Phi) is 14.1. The van der Waals surface area contributed by atoms with Crippen molar-refractivity contribution in [2.45, 2.75) is 65.6 Å². The van der Waals surface area contributed by atoms with Crippen molar-refractivity contribution >= 4 is 36.7 Å². The molecule has 0 bridgehead atoms. The summed E-state index contributed by atoms with van der Waals surface area (Å²) in [6, 6.07) is 30.7. The third kappa shape index (κ3) is 11.0. The van der Waals surface area contributed by atoms with Crippen molar-refractivity contribution in [2.24, 2.45) is 0 Å². The van der Waals surface area contributed by atoms with Crippen LogP contribution < -0.4 is 24.6 Å². The van der Waals surface area contributed by atoms with Crippen molar-refractivity contribution in [3.63, 3.8) is 0 Å². The molecule has 3 aromatic carbocycles. The molecule has 3 heterocycles. The SMILES string of the molecule is C=C(C)C(=O)CCCCCC(=O)c1cc(-c2cc(-c3ccc[n+](Cc4ccccc4C)c3)c[n+](Cc3ccccc3B(O)O)c2)c[n+](Cc2ccccc2B(O)O)c1. The first kappa shape index (κ1) is 41.8. The zero-order valence-electron chi connectivity index (χ0n) is 33.2. The van der Waals surface area contributed by atoms with Gasteiger partial charge in [0, 0.05) is 35.6 Å². The topological polar surface area (TPSA) is 127 Å². The van der Waals surface area contributed by atoms with Crippen molar-refractivity contribution in [1.82, 2.24) is 0 Å². The molecule has 6 aromatic rings. The van der Waals surface area contributed by atoms with Gasteiger partial charge in [-0.15, -0.1) is 0 Å². The van der Waals surface area contributed by atoms with E-state index in [1.165, 1.54) is 11.1 Å². The molecular weight excluding hydrogens is 724 g/mol. The van der Waals surface area contributed by atoms with Crippen LogP contribution >= 0.6 is 0 Å². The van der Waals surface area contributed by atoms with E-state index in [-0.39, 0.29) is 18.1 Å². The van der Waals surface area contributed by atoms with Gasteiger partial charge in [0.15, 0.2) is 68.4 Å². The molecule has 9 nitrogen and oxygen atoms in total. The van der Waals surface area contributed by atoms with Gasteiger partial charge in [-0.3, -0.25) is 9.59 Å². The molecule has 0 aliphatic carbocycles. The maximum Gasteiger partial charge on any atom is 0.488 e. The predicted octanol–water partition coefficient (Wildman–Crippen LogP) is 3.97. The molecule has 0 saturated heterocycles. The van der Waals surface area contributed by atoms with E-state index in [9.17, 15) is 29.7 Å². The molecule has 4 N–H and O–H groups in total. The van der Waals surface area contributed by atoms with E-state index >= 15 is 0 Å². The minimum atomic E-state index is -1.66. The first-order chi connectivity index (χ1) is 27.9. The van der Waals surface area contributed by atoms with E-state index in [1.807, 2.05) is 82.5 Å². The van der Waals surface area contributed by atoms with Crippen LogP contribution in [0.3, 0.4) is 0 Å². The van der Waals surface area contributed by atoms with E-state index in [4.69, 9.17) is 0 Å². The second-order valence-corrected chi connectivity index (χ2v) is 15.0. The summed E-state index contributed by atoms with van der Waals surface area (Å²) in [5.41, 5.74) is 9.21. The molecular formula is C47H50B2N3O6+3. The summed E-state index contributed by atoms with van der Waals surface area (Å²) in [6.07, 6.45) is 14.7. The number of carbonyl (C=O) groups excluding carboxylic acids is 2. The normalized spacial score (nSPS) is 11.0. The van der Waals surface area contributed by atoms with Crippen LogP contribution in [0, 0.1) is 6.92 Å². The summed E-state index contributed by atoms with van der Waals surface area (Å²) in [6.45, 7) is 8.88. The monoisotopic (exact) mass is 774 g/mol. The minimum Gasteiger partial charge on any atom is -0.423 e. The van der Waals surface area contributed by atoms with Crippen LogP contribution in [0.5, 0.6) is 0 Å². The average molecular weight is 775 g/mol. The van der Waals surface area contributed by atoms with Gasteiger partial charge in [0.05, 0.1) is 27.8 Å². The van der Waals surface area contributed by atoms with E-state index in [0.717, 1.165) is 34.2 Å². The van der Waals surface area contributed by atoms with Crippen molar-refractivity contribution in [1.29, 1.82) is 0 Å². The van der Waals surface area contributed by atoms with E-state index in [2.05, 4.69) is 48.5 Å². The lowest BCUT2D eigenvalue weighted by atomic mass is 9.77. The number of aromatic nitrogens is 3. The average Bonchev–Trinajstić information content (AvgIpc) is 3.21. The fourth-order valence-corrected chi connectivity index (χ4v) is 7.22. The third-order valence-corrected chi connectivity index (χ3v) is 10.5. The Morgan fingerprint density at radius 2 is 1.07 bits per heavy atom. The largest absolute Gasteiger partial charge is 0.488 e. The van der Waals surface area contributed by atoms with Crippen molar-refractivity contribution in [3.05, 3.63) is 174 Å². The Morgan fingerprint density at radius 3 is 1.67 bits per heavy atom. The van der Waals surface area contributed by atoms with Crippen LogP contribution in [-0.4, -0.2) is 45.9 Å². The number of aryl methyl sites for hydroxylation is 1. The number of benzene rings is 3. The summed E-state index contributed by atoms with van der Waals surface area (Å²) >= 11 is 0. The highest BCUT2D eigenvalue weighted by Crippen LogP contribution is 2.25. The Hall–Kier alpha value is -5.84. The van der Waals surface area contributed by atoms with Gasteiger partial charge >= 0.3 is 14.2 Å². The van der Waals surface area contributed by atoms with Gasteiger partial charge in [0.25, 0.3) is 0 Å².